The summed E-state index contributed by atoms with van der Waals surface area (Å²) in [5, 5.41) is 17.1. The summed E-state index contributed by atoms with van der Waals surface area (Å²) >= 11 is 0. The number of methoxy groups -OCH3 is 1. The zero-order chi connectivity index (χ0) is 20.5. The molecule has 156 valence electrons. The zero-order valence-corrected chi connectivity index (χ0v) is 16.8. The highest BCUT2D eigenvalue weighted by atomic mass is 16.6. The molecule has 0 radical (unpaired) electrons. The Morgan fingerprint density at radius 3 is 2.68 bits per heavy atom. The van der Waals surface area contributed by atoms with Gasteiger partial charge < -0.3 is 20.1 Å². The van der Waals surface area contributed by atoms with E-state index in [9.17, 15) is 14.9 Å². The summed E-state index contributed by atoms with van der Waals surface area (Å²) < 4.78 is 10.6. The lowest BCUT2D eigenvalue weighted by Crippen LogP contribution is -2.46. The van der Waals surface area contributed by atoms with E-state index in [4.69, 9.17) is 9.47 Å². The number of carbonyl (C=O) groups is 1. The Bertz CT molecular complexity index is 660. The van der Waals surface area contributed by atoms with Crippen LogP contribution in [0.25, 0.3) is 0 Å². The number of rotatable bonds is 10. The third-order valence-electron chi connectivity index (χ3n) is 4.51. The molecule has 0 unspecified atom stereocenters. The van der Waals surface area contributed by atoms with Gasteiger partial charge in [0.05, 0.1) is 23.7 Å². The van der Waals surface area contributed by atoms with Crippen LogP contribution in [0.5, 0.6) is 0 Å². The monoisotopic (exact) mass is 394 g/mol. The van der Waals surface area contributed by atoms with Crippen LogP contribution >= 0.6 is 0 Å². The topological polar surface area (TPSA) is 106 Å². The summed E-state index contributed by atoms with van der Waals surface area (Å²) in [5.41, 5.74) is 0.520. The number of nitro benzene ring substituents is 1. The minimum absolute atomic E-state index is 0.125. The maximum absolute atomic E-state index is 12.3. The summed E-state index contributed by atoms with van der Waals surface area (Å²) in [6.45, 7) is 8.17. The molecule has 2 rings (SSSR count). The molecule has 0 aliphatic carbocycles. The molecule has 1 saturated heterocycles. The average Bonchev–Trinajstić information content (AvgIpc) is 2.64. The maximum atomic E-state index is 12.3. The minimum atomic E-state index is -0.493. The van der Waals surface area contributed by atoms with Gasteiger partial charge in [0.1, 0.15) is 5.69 Å². The third-order valence-corrected chi connectivity index (χ3v) is 4.51. The van der Waals surface area contributed by atoms with E-state index in [1.54, 1.807) is 19.2 Å². The highest BCUT2D eigenvalue weighted by Gasteiger charge is 2.21. The van der Waals surface area contributed by atoms with Crippen LogP contribution < -0.4 is 10.6 Å². The molecule has 28 heavy (non-hydrogen) atoms. The van der Waals surface area contributed by atoms with Gasteiger partial charge in [-0.2, -0.15) is 0 Å². The second-order valence-electron chi connectivity index (χ2n) is 7.03. The molecule has 9 nitrogen and oxygen atoms in total. The Morgan fingerprint density at radius 1 is 1.32 bits per heavy atom. The maximum Gasteiger partial charge on any atom is 0.293 e. The van der Waals surface area contributed by atoms with Gasteiger partial charge in [-0.3, -0.25) is 19.8 Å². The lowest BCUT2D eigenvalue weighted by Gasteiger charge is -2.35. The van der Waals surface area contributed by atoms with Crippen LogP contribution in [0.1, 0.15) is 30.6 Å². The summed E-state index contributed by atoms with van der Waals surface area (Å²) in [4.78, 5) is 25.5. The number of nitro groups is 1. The van der Waals surface area contributed by atoms with Crippen LogP contribution in [-0.2, 0) is 9.47 Å². The molecule has 0 spiro atoms. The summed E-state index contributed by atoms with van der Waals surface area (Å²) in [6, 6.07) is 4.44. The van der Waals surface area contributed by atoms with Crippen LogP contribution in [0, 0.1) is 10.1 Å². The van der Waals surface area contributed by atoms with E-state index in [1.165, 1.54) is 6.07 Å². The fraction of sp³-hybridized carbons (Fsp3) is 0.632. The first-order chi connectivity index (χ1) is 13.4. The van der Waals surface area contributed by atoms with Gasteiger partial charge in [-0.15, -0.1) is 0 Å². The van der Waals surface area contributed by atoms with Crippen LogP contribution in [0.3, 0.4) is 0 Å². The molecule has 1 aromatic rings. The zero-order valence-electron chi connectivity index (χ0n) is 16.8. The van der Waals surface area contributed by atoms with Crippen molar-refractivity contribution < 1.29 is 19.2 Å². The van der Waals surface area contributed by atoms with E-state index in [-0.39, 0.29) is 29.4 Å². The highest BCUT2D eigenvalue weighted by Crippen LogP contribution is 2.25. The van der Waals surface area contributed by atoms with Crippen LogP contribution in [0.15, 0.2) is 18.2 Å². The van der Waals surface area contributed by atoms with Gasteiger partial charge in [0, 0.05) is 51.5 Å². The molecule has 1 fully saturated rings. The van der Waals surface area contributed by atoms with Gasteiger partial charge in [-0.1, -0.05) is 0 Å². The molecule has 1 aliphatic heterocycles. The van der Waals surface area contributed by atoms with Gasteiger partial charge in [0.25, 0.3) is 11.6 Å². The SMILES string of the molecule is COCCNc1ccc(C(=O)NCCCN2C[C@@H](C)O[C@H](C)C2)cc1[N+](=O)[O-]. The lowest BCUT2D eigenvalue weighted by atomic mass is 10.1. The Kier molecular flexibility index (Phi) is 8.62. The molecule has 1 aliphatic rings. The molecule has 1 heterocycles. The van der Waals surface area contributed by atoms with Crippen molar-refractivity contribution in [1.82, 2.24) is 10.2 Å². The van der Waals surface area contributed by atoms with Crippen molar-refractivity contribution in [3.63, 3.8) is 0 Å². The van der Waals surface area contributed by atoms with Gasteiger partial charge in [0.15, 0.2) is 0 Å². The number of benzene rings is 1. The first kappa shape index (κ1) is 22.1. The lowest BCUT2D eigenvalue weighted by molar-refractivity contribution is -0.384. The van der Waals surface area contributed by atoms with Crippen LogP contribution in [0.4, 0.5) is 11.4 Å². The first-order valence-electron chi connectivity index (χ1n) is 9.58. The van der Waals surface area contributed by atoms with Crippen molar-refractivity contribution >= 4 is 17.3 Å². The third kappa shape index (κ3) is 6.74. The van der Waals surface area contributed by atoms with E-state index in [2.05, 4.69) is 29.4 Å². The smallest absolute Gasteiger partial charge is 0.293 e. The molecule has 2 N–H and O–H groups in total. The van der Waals surface area contributed by atoms with Gasteiger partial charge in [-0.05, 0) is 32.4 Å². The van der Waals surface area contributed by atoms with Crippen molar-refractivity contribution in [2.45, 2.75) is 32.5 Å². The molecule has 0 aromatic heterocycles. The fourth-order valence-electron chi connectivity index (χ4n) is 3.33. The number of anilines is 1. The van der Waals surface area contributed by atoms with Crippen LogP contribution in [0.2, 0.25) is 0 Å². The second-order valence-corrected chi connectivity index (χ2v) is 7.03. The summed E-state index contributed by atoms with van der Waals surface area (Å²) in [5.74, 6) is -0.310. The van der Waals surface area contributed by atoms with E-state index in [1.807, 2.05) is 0 Å². The molecule has 0 bridgehead atoms. The van der Waals surface area contributed by atoms with Crippen molar-refractivity contribution in [2.75, 3.05) is 51.8 Å². The quantitative estimate of drug-likeness (QED) is 0.354. The Balaban J connectivity index is 1.84. The van der Waals surface area contributed by atoms with Crippen molar-refractivity contribution in [3.05, 3.63) is 33.9 Å². The van der Waals surface area contributed by atoms with Crippen molar-refractivity contribution in [2.24, 2.45) is 0 Å². The molecular formula is C19H30N4O5. The number of hydrogen-bond donors (Lipinski definition) is 2. The molecule has 9 heteroatoms. The number of ether oxygens (including phenoxy) is 2. The Hall–Kier alpha value is -2.23. The minimum Gasteiger partial charge on any atom is -0.383 e. The summed E-state index contributed by atoms with van der Waals surface area (Å²) in [6.07, 6.45) is 1.24. The number of hydrogen-bond acceptors (Lipinski definition) is 7. The normalized spacial score (nSPS) is 20.0. The van der Waals surface area contributed by atoms with Crippen molar-refractivity contribution in [3.8, 4) is 0 Å². The van der Waals surface area contributed by atoms with E-state index in [0.717, 1.165) is 26.1 Å². The van der Waals surface area contributed by atoms with Gasteiger partial charge in [-0.25, -0.2) is 0 Å². The predicted molar refractivity (Wildman–Crippen MR) is 107 cm³/mol. The number of amides is 1. The Morgan fingerprint density at radius 2 is 2.04 bits per heavy atom. The summed E-state index contributed by atoms with van der Waals surface area (Å²) in [7, 11) is 1.56. The van der Waals surface area contributed by atoms with E-state index in [0.29, 0.717) is 25.4 Å². The fourth-order valence-corrected chi connectivity index (χ4v) is 3.33. The molecule has 0 saturated carbocycles. The Labute approximate surface area is 165 Å². The number of nitrogens with one attached hydrogen (secondary N) is 2. The van der Waals surface area contributed by atoms with Crippen molar-refractivity contribution in [1.29, 1.82) is 0 Å². The molecule has 1 aromatic carbocycles. The van der Waals surface area contributed by atoms with E-state index < -0.39 is 4.92 Å². The highest BCUT2D eigenvalue weighted by molar-refractivity contribution is 5.95. The standard InChI is InChI=1S/C19H30N4O5/c1-14-12-22(13-15(2)28-14)9-4-7-21-19(24)16-5-6-17(20-8-10-27-3)18(11-16)23(25)26/h5-6,11,14-15,20H,4,7-10,12-13H2,1-3H3,(H,21,24)/t14-,15-/m1/s1. The largest absolute Gasteiger partial charge is 0.383 e. The van der Waals surface area contributed by atoms with Crippen LogP contribution in [-0.4, -0.2) is 74.4 Å². The molecular weight excluding hydrogens is 364 g/mol. The number of nitrogens with zero attached hydrogens (tertiary/aromatic N) is 2. The predicted octanol–water partition coefficient (Wildman–Crippen LogP) is 1.88. The first-order valence-corrected chi connectivity index (χ1v) is 9.58. The second kappa shape index (κ2) is 10.9. The number of carbonyl (C=O) groups excluding carboxylic acids is 1. The molecule has 2 atom stereocenters. The molecule has 1 amide bonds. The van der Waals surface area contributed by atoms with E-state index >= 15 is 0 Å². The van der Waals surface area contributed by atoms with Gasteiger partial charge >= 0.3 is 0 Å². The average molecular weight is 394 g/mol. The number of morpholine rings is 1. The van der Waals surface area contributed by atoms with Gasteiger partial charge in [0.2, 0.25) is 0 Å².